The van der Waals surface area contributed by atoms with Crippen LogP contribution in [0, 0.1) is 12.7 Å². The maximum Gasteiger partial charge on any atom is 0.265 e. The SMILES string of the molecule is CC(=O)Nc1cc(NC(=O)C(C)Oc2ccc(Cl)cc2C)ccc1F. The summed E-state index contributed by atoms with van der Waals surface area (Å²) in [6.07, 6.45) is -0.783. The molecule has 0 spiro atoms. The lowest BCUT2D eigenvalue weighted by molar-refractivity contribution is -0.122. The molecular weight excluding hydrogens is 347 g/mol. The van der Waals surface area contributed by atoms with Gasteiger partial charge in [0.25, 0.3) is 5.91 Å². The van der Waals surface area contributed by atoms with Gasteiger partial charge in [0, 0.05) is 17.6 Å². The molecule has 132 valence electrons. The fourth-order valence-electron chi connectivity index (χ4n) is 2.12. The maximum atomic E-state index is 13.6. The van der Waals surface area contributed by atoms with Crippen LogP contribution >= 0.6 is 11.6 Å². The lowest BCUT2D eigenvalue weighted by Crippen LogP contribution is -2.30. The molecule has 0 fully saturated rings. The first-order valence-electron chi connectivity index (χ1n) is 7.57. The van der Waals surface area contributed by atoms with Gasteiger partial charge in [0.05, 0.1) is 5.69 Å². The summed E-state index contributed by atoms with van der Waals surface area (Å²) in [7, 11) is 0. The van der Waals surface area contributed by atoms with E-state index in [0.717, 1.165) is 11.6 Å². The Hall–Kier alpha value is -2.60. The van der Waals surface area contributed by atoms with E-state index in [1.165, 1.54) is 19.1 Å². The third kappa shape index (κ3) is 5.19. The molecule has 0 bridgehead atoms. The Kier molecular flexibility index (Phi) is 5.98. The Morgan fingerprint density at radius 1 is 1.16 bits per heavy atom. The van der Waals surface area contributed by atoms with Crippen LogP contribution in [0.5, 0.6) is 5.75 Å². The Morgan fingerprint density at radius 2 is 1.88 bits per heavy atom. The van der Waals surface area contributed by atoms with Gasteiger partial charge in [-0.25, -0.2) is 4.39 Å². The van der Waals surface area contributed by atoms with Crippen LogP contribution in [0.4, 0.5) is 15.8 Å². The number of rotatable bonds is 5. The monoisotopic (exact) mass is 364 g/mol. The molecule has 25 heavy (non-hydrogen) atoms. The van der Waals surface area contributed by atoms with Crippen molar-refractivity contribution in [1.82, 2.24) is 0 Å². The molecule has 5 nitrogen and oxygen atoms in total. The highest BCUT2D eigenvalue weighted by molar-refractivity contribution is 6.30. The number of carbonyl (C=O) groups excluding carboxylic acids is 2. The minimum absolute atomic E-state index is 0.00702. The van der Waals surface area contributed by atoms with Crippen molar-refractivity contribution in [2.75, 3.05) is 10.6 Å². The van der Waals surface area contributed by atoms with Gasteiger partial charge in [-0.15, -0.1) is 0 Å². The van der Waals surface area contributed by atoms with E-state index in [0.29, 0.717) is 16.5 Å². The Balaban J connectivity index is 2.07. The second-order valence-corrected chi connectivity index (χ2v) is 5.97. The molecule has 0 radical (unpaired) electrons. The molecule has 0 heterocycles. The van der Waals surface area contributed by atoms with E-state index in [9.17, 15) is 14.0 Å². The molecule has 0 aliphatic rings. The van der Waals surface area contributed by atoms with Crippen molar-refractivity contribution in [2.24, 2.45) is 0 Å². The Labute approximate surface area is 150 Å². The van der Waals surface area contributed by atoms with Crippen molar-refractivity contribution >= 4 is 34.8 Å². The van der Waals surface area contributed by atoms with Crippen molar-refractivity contribution in [3.8, 4) is 5.75 Å². The van der Waals surface area contributed by atoms with Gasteiger partial charge in [0.2, 0.25) is 5.91 Å². The summed E-state index contributed by atoms with van der Waals surface area (Å²) in [5, 5.41) is 5.57. The smallest absolute Gasteiger partial charge is 0.265 e. The summed E-state index contributed by atoms with van der Waals surface area (Å²) in [5.41, 5.74) is 1.15. The zero-order valence-corrected chi connectivity index (χ0v) is 14.8. The summed E-state index contributed by atoms with van der Waals surface area (Å²) in [6, 6.07) is 9.01. The van der Waals surface area contributed by atoms with Gasteiger partial charge in [-0.3, -0.25) is 9.59 Å². The van der Waals surface area contributed by atoms with E-state index in [-0.39, 0.29) is 5.69 Å². The molecule has 0 aliphatic heterocycles. The maximum absolute atomic E-state index is 13.6. The summed E-state index contributed by atoms with van der Waals surface area (Å²) < 4.78 is 19.3. The number of hydrogen-bond donors (Lipinski definition) is 2. The second kappa shape index (κ2) is 7.98. The van der Waals surface area contributed by atoms with Crippen molar-refractivity contribution < 1.29 is 18.7 Å². The van der Waals surface area contributed by atoms with Crippen LogP contribution in [0.2, 0.25) is 5.02 Å². The molecule has 2 aromatic rings. The van der Waals surface area contributed by atoms with Crippen molar-refractivity contribution in [3.05, 3.63) is 52.8 Å². The number of ether oxygens (including phenoxy) is 1. The van der Waals surface area contributed by atoms with Gasteiger partial charge >= 0.3 is 0 Å². The highest BCUT2D eigenvalue weighted by atomic mass is 35.5. The van der Waals surface area contributed by atoms with Gasteiger partial charge < -0.3 is 15.4 Å². The molecule has 2 N–H and O–H groups in total. The van der Waals surface area contributed by atoms with E-state index in [4.69, 9.17) is 16.3 Å². The molecule has 0 saturated carbocycles. The van der Waals surface area contributed by atoms with Crippen molar-refractivity contribution in [1.29, 1.82) is 0 Å². The largest absolute Gasteiger partial charge is 0.481 e. The first-order chi connectivity index (χ1) is 11.8. The predicted molar refractivity (Wildman–Crippen MR) is 95.6 cm³/mol. The van der Waals surface area contributed by atoms with Crippen LogP contribution in [0.15, 0.2) is 36.4 Å². The summed E-state index contributed by atoms with van der Waals surface area (Å²) in [4.78, 5) is 23.3. The number of benzene rings is 2. The Bertz CT molecular complexity index is 811. The van der Waals surface area contributed by atoms with Crippen molar-refractivity contribution in [3.63, 3.8) is 0 Å². The number of halogens is 2. The van der Waals surface area contributed by atoms with E-state index in [1.807, 2.05) is 6.92 Å². The minimum atomic E-state index is -0.783. The molecule has 7 heteroatoms. The number of nitrogens with one attached hydrogen (secondary N) is 2. The third-order valence-corrected chi connectivity index (χ3v) is 3.59. The summed E-state index contributed by atoms with van der Waals surface area (Å²) in [5.74, 6) is -0.855. The highest BCUT2D eigenvalue weighted by Gasteiger charge is 2.17. The van der Waals surface area contributed by atoms with Crippen LogP contribution in [-0.4, -0.2) is 17.9 Å². The normalized spacial score (nSPS) is 11.6. The first kappa shape index (κ1) is 18.7. The number of hydrogen-bond acceptors (Lipinski definition) is 3. The zero-order valence-electron chi connectivity index (χ0n) is 14.0. The van der Waals surface area contributed by atoms with Gasteiger partial charge in [0.1, 0.15) is 11.6 Å². The third-order valence-electron chi connectivity index (χ3n) is 3.35. The topological polar surface area (TPSA) is 67.4 Å². The molecule has 2 rings (SSSR count). The van der Waals surface area contributed by atoms with Crippen LogP contribution < -0.4 is 15.4 Å². The lowest BCUT2D eigenvalue weighted by Gasteiger charge is -2.17. The number of aryl methyl sites for hydroxylation is 1. The molecule has 2 amide bonds. The molecule has 0 aliphatic carbocycles. The van der Waals surface area contributed by atoms with Crippen molar-refractivity contribution in [2.45, 2.75) is 26.9 Å². The lowest BCUT2D eigenvalue weighted by atomic mass is 10.2. The molecular formula is C18H18ClFN2O3. The molecule has 1 atom stereocenters. The molecule has 0 saturated heterocycles. The van der Waals surface area contributed by atoms with Gasteiger partial charge in [-0.1, -0.05) is 11.6 Å². The molecule has 1 unspecified atom stereocenters. The number of carbonyl (C=O) groups is 2. The quantitative estimate of drug-likeness (QED) is 0.837. The van der Waals surface area contributed by atoms with E-state index < -0.39 is 23.7 Å². The Morgan fingerprint density at radius 3 is 2.52 bits per heavy atom. The fraction of sp³-hybridized carbons (Fsp3) is 0.222. The van der Waals surface area contributed by atoms with Gasteiger partial charge in [-0.05, 0) is 55.8 Å². The number of anilines is 2. The predicted octanol–water partition coefficient (Wildman–Crippen LogP) is 4.15. The fourth-order valence-corrected chi connectivity index (χ4v) is 2.35. The summed E-state index contributed by atoms with van der Waals surface area (Å²) >= 11 is 5.89. The van der Waals surface area contributed by atoms with Crippen LogP contribution in [0.25, 0.3) is 0 Å². The van der Waals surface area contributed by atoms with Crippen LogP contribution in [0.1, 0.15) is 19.4 Å². The van der Waals surface area contributed by atoms with Crippen LogP contribution in [0.3, 0.4) is 0 Å². The second-order valence-electron chi connectivity index (χ2n) is 5.53. The van der Waals surface area contributed by atoms with E-state index >= 15 is 0 Å². The summed E-state index contributed by atoms with van der Waals surface area (Å²) in [6.45, 7) is 4.70. The van der Waals surface area contributed by atoms with Crippen LogP contribution in [-0.2, 0) is 9.59 Å². The number of amides is 2. The highest BCUT2D eigenvalue weighted by Crippen LogP contribution is 2.24. The standard InChI is InChI=1S/C18H18ClFN2O3/c1-10-8-13(19)4-7-17(10)25-11(2)18(24)22-14-5-6-15(20)16(9-14)21-12(3)23/h4-9,11H,1-3H3,(H,21,23)(H,22,24). The van der Waals surface area contributed by atoms with Gasteiger partial charge in [0.15, 0.2) is 6.10 Å². The average Bonchev–Trinajstić information content (AvgIpc) is 2.52. The zero-order chi connectivity index (χ0) is 18.6. The van der Waals surface area contributed by atoms with Gasteiger partial charge in [-0.2, -0.15) is 0 Å². The molecule has 0 aromatic heterocycles. The average molecular weight is 365 g/mol. The van der Waals surface area contributed by atoms with E-state index in [1.54, 1.807) is 25.1 Å². The first-order valence-corrected chi connectivity index (χ1v) is 7.95. The minimum Gasteiger partial charge on any atom is -0.481 e. The van der Waals surface area contributed by atoms with E-state index in [2.05, 4.69) is 10.6 Å². The molecule has 2 aromatic carbocycles.